The van der Waals surface area contributed by atoms with Crippen molar-refractivity contribution in [3.8, 4) is 11.1 Å². The molecule has 0 radical (unpaired) electrons. The van der Waals surface area contributed by atoms with Crippen LogP contribution >= 0.6 is 0 Å². The molecule has 0 aliphatic heterocycles. The summed E-state index contributed by atoms with van der Waals surface area (Å²) in [6.07, 6.45) is 0. The van der Waals surface area contributed by atoms with Crippen LogP contribution in [0.4, 0.5) is 0 Å². The average molecular weight is 530 g/mol. The number of benzene rings is 6. The summed E-state index contributed by atoms with van der Waals surface area (Å²) in [7, 11) is 0. The van der Waals surface area contributed by atoms with Gasteiger partial charge < -0.3 is 10.2 Å². The van der Waals surface area contributed by atoms with Crippen LogP contribution < -0.4 is 5.73 Å². The SMILES string of the molecule is NC(=NC(=NCc1ccc(-c2cccc3ccccc23)c2oc3ccccc3c12)c1ccccc1)c1ccccc1. The number of nitrogens with zero attached hydrogens (tertiary/aromatic N) is 2. The van der Waals surface area contributed by atoms with Crippen molar-refractivity contribution < 1.29 is 4.42 Å². The first-order valence-corrected chi connectivity index (χ1v) is 13.7. The summed E-state index contributed by atoms with van der Waals surface area (Å²) in [5, 5.41) is 4.54. The molecule has 6 aromatic carbocycles. The second kappa shape index (κ2) is 10.6. The van der Waals surface area contributed by atoms with Crippen LogP contribution in [0.15, 0.2) is 154 Å². The fourth-order valence-electron chi connectivity index (χ4n) is 5.43. The summed E-state index contributed by atoms with van der Waals surface area (Å²) in [4.78, 5) is 9.81. The van der Waals surface area contributed by atoms with E-state index in [0.717, 1.165) is 49.8 Å². The minimum atomic E-state index is 0.422. The molecule has 4 nitrogen and oxygen atoms in total. The highest BCUT2D eigenvalue weighted by molar-refractivity contribution is 6.14. The van der Waals surface area contributed by atoms with Gasteiger partial charge >= 0.3 is 0 Å². The maximum Gasteiger partial charge on any atom is 0.157 e. The molecule has 0 aliphatic rings. The molecule has 196 valence electrons. The first kappa shape index (κ1) is 24.6. The van der Waals surface area contributed by atoms with Crippen LogP contribution in [-0.4, -0.2) is 11.7 Å². The Morgan fingerprint density at radius 3 is 2.05 bits per heavy atom. The number of amidine groups is 2. The van der Waals surface area contributed by atoms with Crippen molar-refractivity contribution in [2.45, 2.75) is 6.54 Å². The van der Waals surface area contributed by atoms with Crippen molar-refractivity contribution in [1.82, 2.24) is 0 Å². The largest absolute Gasteiger partial charge is 0.455 e. The number of rotatable bonds is 5. The highest BCUT2D eigenvalue weighted by Gasteiger charge is 2.17. The number of para-hydroxylation sites is 1. The molecule has 41 heavy (non-hydrogen) atoms. The van der Waals surface area contributed by atoms with Gasteiger partial charge in [-0.05, 0) is 28.0 Å². The monoisotopic (exact) mass is 529 g/mol. The fraction of sp³-hybridized carbons (Fsp3) is 0.0270. The van der Waals surface area contributed by atoms with E-state index < -0.39 is 0 Å². The molecule has 7 rings (SSSR count). The summed E-state index contributed by atoms with van der Waals surface area (Å²) < 4.78 is 6.55. The van der Waals surface area contributed by atoms with Crippen molar-refractivity contribution >= 4 is 44.4 Å². The molecule has 0 saturated carbocycles. The lowest BCUT2D eigenvalue weighted by Gasteiger charge is -2.10. The zero-order chi connectivity index (χ0) is 27.6. The third kappa shape index (κ3) is 4.66. The molecule has 0 amide bonds. The van der Waals surface area contributed by atoms with Gasteiger partial charge in [-0.2, -0.15) is 0 Å². The number of hydrogen-bond donors (Lipinski definition) is 1. The van der Waals surface area contributed by atoms with Gasteiger partial charge in [-0.1, -0.05) is 133 Å². The molecule has 4 heteroatoms. The van der Waals surface area contributed by atoms with Gasteiger partial charge in [-0.15, -0.1) is 0 Å². The van der Waals surface area contributed by atoms with E-state index in [1.54, 1.807) is 0 Å². The molecule has 0 aliphatic carbocycles. The lowest BCUT2D eigenvalue weighted by atomic mass is 9.94. The number of fused-ring (bicyclic) bond motifs is 4. The van der Waals surface area contributed by atoms with Crippen LogP contribution in [0.1, 0.15) is 16.7 Å². The van der Waals surface area contributed by atoms with Gasteiger partial charge in [0.05, 0.1) is 6.54 Å². The minimum Gasteiger partial charge on any atom is -0.455 e. The average Bonchev–Trinajstić information content (AvgIpc) is 3.43. The zero-order valence-corrected chi connectivity index (χ0v) is 22.4. The van der Waals surface area contributed by atoms with E-state index in [-0.39, 0.29) is 0 Å². The first-order valence-electron chi connectivity index (χ1n) is 13.7. The normalized spacial score (nSPS) is 12.4. The Morgan fingerprint density at radius 2 is 1.24 bits per heavy atom. The minimum absolute atomic E-state index is 0.422. The van der Waals surface area contributed by atoms with Crippen LogP contribution in [0.25, 0.3) is 43.8 Å². The molecule has 0 atom stereocenters. The van der Waals surface area contributed by atoms with E-state index in [0.29, 0.717) is 18.2 Å². The third-order valence-electron chi connectivity index (χ3n) is 7.42. The lowest BCUT2D eigenvalue weighted by molar-refractivity contribution is 0.670. The summed E-state index contributed by atoms with van der Waals surface area (Å²) in [6.45, 7) is 0.422. The van der Waals surface area contributed by atoms with Crippen LogP contribution in [-0.2, 0) is 6.54 Å². The quantitative estimate of drug-likeness (QED) is 0.179. The number of hydrogen-bond acceptors (Lipinski definition) is 2. The highest BCUT2D eigenvalue weighted by atomic mass is 16.3. The molecule has 2 N–H and O–H groups in total. The van der Waals surface area contributed by atoms with Gasteiger partial charge in [0.15, 0.2) is 5.84 Å². The second-order valence-electron chi connectivity index (χ2n) is 9.97. The molecule has 0 bridgehead atoms. The van der Waals surface area contributed by atoms with Gasteiger partial charge in [0.2, 0.25) is 0 Å². The molecule has 0 saturated heterocycles. The summed E-state index contributed by atoms with van der Waals surface area (Å²) >= 11 is 0. The predicted octanol–water partition coefficient (Wildman–Crippen LogP) is 8.76. The van der Waals surface area contributed by atoms with Crippen LogP contribution in [0.2, 0.25) is 0 Å². The Kier molecular flexibility index (Phi) is 6.34. The molecule has 1 aromatic heterocycles. The van der Waals surface area contributed by atoms with E-state index in [9.17, 15) is 0 Å². The Balaban J connectivity index is 1.39. The molecule has 0 unspecified atom stereocenters. The Labute approximate surface area is 238 Å². The van der Waals surface area contributed by atoms with Crippen molar-refractivity contribution in [2.24, 2.45) is 15.7 Å². The van der Waals surface area contributed by atoms with Gasteiger partial charge in [0, 0.05) is 27.5 Å². The van der Waals surface area contributed by atoms with E-state index in [2.05, 4.69) is 66.7 Å². The summed E-state index contributed by atoms with van der Waals surface area (Å²) in [5.41, 5.74) is 13.2. The molecular weight excluding hydrogens is 502 g/mol. The Morgan fingerprint density at radius 1 is 0.585 bits per heavy atom. The van der Waals surface area contributed by atoms with E-state index in [1.807, 2.05) is 72.8 Å². The molecule has 7 aromatic rings. The standard InChI is InChI=1S/C37H27N3O/c38-36(26-13-3-1-4-14-26)40-37(27-15-5-2-6-16-27)39-24-28-22-23-31(30-20-11-17-25-12-7-8-18-29(25)30)35-34(28)32-19-9-10-21-33(32)41-35/h1-23H,24H2,(H2,38,39,40). The summed E-state index contributed by atoms with van der Waals surface area (Å²) in [5.74, 6) is 1.02. The number of furan rings is 1. The van der Waals surface area contributed by atoms with E-state index >= 15 is 0 Å². The van der Waals surface area contributed by atoms with Gasteiger partial charge in [-0.25, -0.2) is 4.99 Å². The lowest BCUT2D eigenvalue weighted by Crippen LogP contribution is -2.16. The first-order chi connectivity index (χ1) is 20.3. The van der Waals surface area contributed by atoms with Crippen LogP contribution in [0.3, 0.4) is 0 Å². The third-order valence-corrected chi connectivity index (χ3v) is 7.42. The van der Waals surface area contributed by atoms with Gasteiger partial charge in [0.1, 0.15) is 17.0 Å². The predicted molar refractivity (Wildman–Crippen MR) is 171 cm³/mol. The van der Waals surface area contributed by atoms with Crippen molar-refractivity contribution in [1.29, 1.82) is 0 Å². The topological polar surface area (TPSA) is 63.9 Å². The molecular formula is C37H27N3O. The maximum atomic E-state index is 6.55. The van der Waals surface area contributed by atoms with Crippen LogP contribution in [0.5, 0.6) is 0 Å². The zero-order valence-electron chi connectivity index (χ0n) is 22.4. The van der Waals surface area contributed by atoms with Crippen molar-refractivity contribution in [3.63, 3.8) is 0 Å². The molecule has 0 fully saturated rings. The van der Waals surface area contributed by atoms with Gasteiger partial charge in [0.25, 0.3) is 0 Å². The van der Waals surface area contributed by atoms with E-state index in [1.165, 1.54) is 10.8 Å². The van der Waals surface area contributed by atoms with Crippen LogP contribution in [0, 0.1) is 0 Å². The number of aliphatic imine (C=N–C) groups is 2. The Bertz CT molecular complexity index is 2070. The maximum absolute atomic E-state index is 6.55. The molecule has 0 spiro atoms. The summed E-state index contributed by atoms with van der Waals surface area (Å²) in [6, 6.07) is 47.1. The molecule has 1 heterocycles. The van der Waals surface area contributed by atoms with Crippen molar-refractivity contribution in [2.75, 3.05) is 0 Å². The highest BCUT2D eigenvalue weighted by Crippen LogP contribution is 2.40. The van der Waals surface area contributed by atoms with Crippen molar-refractivity contribution in [3.05, 3.63) is 156 Å². The fourth-order valence-corrected chi connectivity index (χ4v) is 5.43. The Hall–Kier alpha value is -5.48. The number of nitrogens with two attached hydrogens (primary N) is 1. The smallest absolute Gasteiger partial charge is 0.157 e. The van der Waals surface area contributed by atoms with E-state index in [4.69, 9.17) is 20.1 Å². The second-order valence-corrected chi connectivity index (χ2v) is 9.97. The van der Waals surface area contributed by atoms with Gasteiger partial charge in [-0.3, -0.25) is 4.99 Å².